The maximum absolute atomic E-state index is 13.6. The minimum atomic E-state index is -0.255. The fourth-order valence-corrected chi connectivity index (χ4v) is 5.91. The molecule has 2 atom stereocenters. The molecule has 2 amide bonds. The number of hydrogen-bond acceptors (Lipinski definition) is 9. The highest BCUT2D eigenvalue weighted by atomic mass is 32.2. The smallest absolute Gasteiger partial charge is 0.254 e. The van der Waals surface area contributed by atoms with Gasteiger partial charge >= 0.3 is 0 Å². The van der Waals surface area contributed by atoms with Gasteiger partial charge in [-0.3, -0.25) is 14.5 Å². The number of ether oxygens (including phenoxy) is 3. The van der Waals surface area contributed by atoms with Gasteiger partial charge in [0, 0.05) is 49.7 Å². The zero-order chi connectivity index (χ0) is 30.2. The number of carbonyl (C=O) groups is 2. The number of amides is 2. The molecule has 4 bridgehead atoms. The Morgan fingerprint density at radius 3 is 2.72 bits per heavy atom. The van der Waals surface area contributed by atoms with Gasteiger partial charge in [-0.05, 0) is 54.5 Å². The minimum absolute atomic E-state index is 0.0413. The van der Waals surface area contributed by atoms with E-state index in [4.69, 9.17) is 14.2 Å². The highest BCUT2D eigenvalue weighted by Gasteiger charge is 2.32. The number of methoxy groups -OCH3 is 1. The summed E-state index contributed by atoms with van der Waals surface area (Å²) in [7, 11) is 1.56. The number of rotatable bonds is 7. The maximum atomic E-state index is 13.6. The first-order valence-corrected chi connectivity index (χ1v) is 15.8. The Labute approximate surface area is 257 Å². The molecule has 0 unspecified atom stereocenters. The molecule has 1 N–H and O–H groups in total. The molecule has 2 aromatic carbocycles. The van der Waals surface area contributed by atoms with Crippen LogP contribution in [0.2, 0.25) is 0 Å². The molecule has 1 saturated heterocycles. The second-order valence-electron chi connectivity index (χ2n) is 10.7. The first-order chi connectivity index (χ1) is 20.9. The van der Waals surface area contributed by atoms with Gasteiger partial charge < -0.3 is 24.4 Å². The molecule has 228 valence electrons. The zero-order valence-corrected chi connectivity index (χ0v) is 25.8. The number of aromatic nitrogens is 2. The van der Waals surface area contributed by atoms with E-state index in [0.717, 1.165) is 35.0 Å². The monoisotopic (exact) mass is 605 g/mol. The number of carbonyl (C=O) groups excluding carboxylic acids is 2. The quantitative estimate of drug-likeness (QED) is 0.307. The van der Waals surface area contributed by atoms with Gasteiger partial charge in [-0.25, -0.2) is 9.97 Å². The normalized spacial score (nSPS) is 19.7. The van der Waals surface area contributed by atoms with Gasteiger partial charge in [0.1, 0.15) is 5.75 Å². The van der Waals surface area contributed by atoms with Crippen molar-refractivity contribution in [2.45, 2.75) is 57.1 Å². The van der Waals surface area contributed by atoms with Gasteiger partial charge in [0.05, 0.1) is 32.4 Å². The Bertz CT molecular complexity index is 1410. The third-order valence-electron chi connectivity index (χ3n) is 7.47. The van der Waals surface area contributed by atoms with E-state index >= 15 is 0 Å². The van der Waals surface area contributed by atoms with Crippen molar-refractivity contribution < 1.29 is 23.8 Å². The van der Waals surface area contributed by atoms with E-state index in [0.29, 0.717) is 55.5 Å². The predicted octanol–water partition coefficient (Wildman–Crippen LogP) is 4.53. The first-order valence-electron chi connectivity index (χ1n) is 14.8. The van der Waals surface area contributed by atoms with Crippen LogP contribution in [0, 0.1) is 0 Å². The third-order valence-corrected chi connectivity index (χ3v) is 8.22. The molecule has 1 aromatic heterocycles. The van der Waals surface area contributed by atoms with E-state index in [9.17, 15) is 9.59 Å². The van der Waals surface area contributed by atoms with Crippen LogP contribution in [-0.2, 0) is 22.7 Å². The number of hydrogen-bond donors (Lipinski definition) is 1. The lowest BCUT2D eigenvalue weighted by molar-refractivity contribution is -0.125. The topological polar surface area (TPSA) is 106 Å². The largest absolute Gasteiger partial charge is 0.493 e. The van der Waals surface area contributed by atoms with Crippen molar-refractivity contribution in [3.8, 4) is 17.2 Å². The number of benzene rings is 2. The Morgan fingerprint density at radius 1 is 1.12 bits per heavy atom. The summed E-state index contributed by atoms with van der Waals surface area (Å²) in [6.45, 7) is 6.94. The van der Waals surface area contributed by atoms with E-state index in [2.05, 4.69) is 27.1 Å². The van der Waals surface area contributed by atoms with Crippen LogP contribution in [0.15, 0.2) is 60.0 Å². The number of likely N-dealkylation sites (tertiary alicyclic amines) is 1. The van der Waals surface area contributed by atoms with Crippen LogP contribution in [0.1, 0.15) is 48.2 Å². The van der Waals surface area contributed by atoms with Crippen molar-refractivity contribution in [3.63, 3.8) is 0 Å². The standard InChI is InChI=1S/C32H39N5O5S/c1-4-12-37-20-30(38)35-26-11-13-36(18-23-16-33-32(34-17-23)43-5-2)19-29(26)41-21-22-7-6-8-25(14-22)42-28-15-24(31(37)39)9-10-27(28)40-3/h6-10,14-17,26,29H,4-5,11-13,18-21H2,1-3H3,(H,35,38)/t26-,29-/m0/s1. The van der Waals surface area contributed by atoms with Crippen molar-refractivity contribution in [3.05, 3.63) is 71.5 Å². The van der Waals surface area contributed by atoms with Gasteiger partial charge in [0.15, 0.2) is 16.7 Å². The van der Waals surface area contributed by atoms with E-state index in [-0.39, 0.29) is 30.5 Å². The van der Waals surface area contributed by atoms with Crippen molar-refractivity contribution in [1.82, 2.24) is 25.1 Å². The van der Waals surface area contributed by atoms with Crippen LogP contribution in [0.25, 0.3) is 0 Å². The van der Waals surface area contributed by atoms with Crippen molar-refractivity contribution >= 4 is 23.6 Å². The molecule has 0 aliphatic carbocycles. The first kappa shape index (κ1) is 30.8. The summed E-state index contributed by atoms with van der Waals surface area (Å²) in [6.07, 6.45) is 4.95. The highest BCUT2D eigenvalue weighted by Crippen LogP contribution is 2.33. The molecule has 5 rings (SSSR count). The predicted molar refractivity (Wildman–Crippen MR) is 165 cm³/mol. The lowest BCUT2D eigenvalue weighted by Crippen LogP contribution is -2.56. The molecule has 0 radical (unpaired) electrons. The Kier molecular flexibility index (Phi) is 10.5. The van der Waals surface area contributed by atoms with Crippen LogP contribution in [0.5, 0.6) is 17.2 Å². The summed E-state index contributed by atoms with van der Waals surface area (Å²) in [5.74, 6) is 2.03. The van der Waals surface area contributed by atoms with Gasteiger partial charge in [0.25, 0.3) is 5.91 Å². The number of nitrogens with zero attached hydrogens (tertiary/aromatic N) is 4. The Balaban J connectivity index is 1.39. The van der Waals surface area contributed by atoms with Crippen molar-refractivity contribution in [2.24, 2.45) is 0 Å². The Hall–Kier alpha value is -3.67. The molecule has 1 fully saturated rings. The summed E-state index contributed by atoms with van der Waals surface area (Å²) in [4.78, 5) is 39.8. The maximum Gasteiger partial charge on any atom is 0.254 e. The molecule has 11 heteroatoms. The molecule has 3 heterocycles. The van der Waals surface area contributed by atoms with Gasteiger partial charge in [0.2, 0.25) is 5.91 Å². The van der Waals surface area contributed by atoms with Crippen LogP contribution in [-0.4, -0.2) is 82.8 Å². The summed E-state index contributed by atoms with van der Waals surface area (Å²) in [5, 5.41) is 3.97. The lowest BCUT2D eigenvalue weighted by Gasteiger charge is -2.39. The molecule has 3 aromatic rings. The molecule has 0 saturated carbocycles. The fourth-order valence-electron chi connectivity index (χ4n) is 5.39. The number of thioether (sulfide) groups is 1. The van der Waals surface area contributed by atoms with E-state index in [1.807, 2.05) is 43.6 Å². The number of fused-ring (bicyclic) bond motifs is 5. The molecule has 0 spiro atoms. The average Bonchev–Trinajstić information content (AvgIpc) is 3.01. The third kappa shape index (κ3) is 8.04. The van der Waals surface area contributed by atoms with Crippen LogP contribution >= 0.6 is 11.8 Å². The second-order valence-corrected chi connectivity index (χ2v) is 11.9. The second kappa shape index (κ2) is 14.7. The highest BCUT2D eigenvalue weighted by molar-refractivity contribution is 7.99. The van der Waals surface area contributed by atoms with E-state index < -0.39 is 0 Å². The summed E-state index contributed by atoms with van der Waals surface area (Å²) >= 11 is 1.62. The average molecular weight is 606 g/mol. The zero-order valence-electron chi connectivity index (χ0n) is 25.0. The van der Waals surface area contributed by atoms with E-state index in [1.165, 1.54) is 0 Å². The van der Waals surface area contributed by atoms with Crippen molar-refractivity contribution in [1.29, 1.82) is 0 Å². The van der Waals surface area contributed by atoms with Gasteiger partial charge in [-0.2, -0.15) is 0 Å². The van der Waals surface area contributed by atoms with E-state index in [1.54, 1.807) is 42.0 Å². The van der Waals surface area contributed by atoms with Crippen LogP contribution in [0.4, 0.5) is 0 Å². The molecule has 10 nitrogen and oxygen atoms in total. The van der Waals surface area contributed by atoms with Gasteiger partial charge in [-0.15, -0.1) is 0 Å². The minimum Gasteiger partial charge on any atom is -0.493 e. The van der Waals surface area contributed by atoms with Crippen molar-refractivity contribution in [2.75, 3.05) is 39.0 Å². The molecular formula is C32H39N5O5S. The molecule has 2 aliphatic heterocycles. The molecular weight excluding hydrogens is 566 g/mol. The molecule has 2 aliphatic rings. The lowest BCUT2D eigenvalue weighted by atomic mass is 10.0. The number of piperidine rings is 1. The van der Waals surface area contributed by atoms with Crippen LogP contribution < -0.4 is 14.8 Å². The summed E-state index contributed by atoms with van der Waals surface area (Å²) < 4.78 is 18.2. The summed E-state index contributed by atoms with van der Waals surface area (Å²) in [5.41, 5.74) is 2.40. The number of nitrogens with one attached hydrogen (secondary N) is 1. The molecule has 43 heavy (non-hydrogen) atoms. The SMILES string of the molecule is CCCN1CC(=O)N[C@H]2CCN(Cc3cnc(SCC)nc3)C[C@@H]2OCc2cccc(c2)Oc2cc(ccc2OC)C1=O. The fraction of sp³-hybridized carbons (Fsp3) is 0.438. The summed E-state index contributed by atoms with van der Waals surface area (Å²) in [6, 6.07) is 12.6. The Morgan fingerprint density at radius 2 is 1.95 bits per heavy atom. The van der Waals surface area contributed by atoms with Gasteiger partial charge in [-0.1, -0.05) is 37.7 Å². The van der Waals surface area contributed by atoms with Crippen LogP contribution in [0.3, 0.4) is 0 Å².